The molecule has 1 amide bonds. The Morgan fingerprint density at radius 2 is 1.92 bits per heavy atom. The van der Waals surface area contributed by atoms with E-state index in [0.717, 1.165) is 17.7 Å². The lowest BCUT2D eigenvalue weighted by atomic mass is 10.00. The van der Waals surface area contributed by atoms with E-state index in [1.807, 2.05) is 42.0 Å². The first-order valence-corrected chi connectivity index (χ1v) is 8.45. The van der Waals surface area contributed by atoms with Gasteiger partial charge >= 0.3 is 0 Å². The first-order chi connectivity index (χ1) is 12.0. The molecule has 0 aliphatic rings. The standard InChI is InChI=1S/C21H23N3O/c1-15-4-9-20(16(2)12-15)17(3)23-21(25)19-7-5-18(6-8-19)13-24-11-10-22-14-24/h4-12,14,17H,13H2,1-3H3,(H,23,25)/t17-/m1/s1. The Balaban J connectivity index is 1.66. The van der Waals surface area contributed by atoms with Gasteiger partial charge in [-0.05, 0) is 49.6 Å². The molecule has 0 fully saturated rings. The lowest BCUT2D eigenvalue weighted by Crippen LogP contribution is -2.27. The Kier molecular flexibility index (Phi) is 4.98. The van der Waals surface area contributed by atoms with Gasteiger partial charge in [-0.2, -0.15) is 0 Å². The van der Waals surface area contributed by atoms with E-state index < -0.39 is 0 Å². The summed E-state index contributed by atoms with van der Waals surface area (Å²) < 4.78 is 2.00. The Hall–Kier alpha value is -2.88. The molecule has 1 aromatic heterocycles. The number of carbonyl (C=O) groups is 1. The van der Waals surface area contributed by atoms with Gasteiger partial charge in [-0.1, -0.05) is 35.9 Å². The van der Waals surface area contributed by atoms with Crippen LogP contribution in [0.15, 0.2) is 61.2 Å². The SMILES string of the molecule is Cc1ccc([C@@H](C)NC(=O)c2ccc(Cn3ccnc3)cc2)c(C)c1. The van der Waals surface area contributed by atoms with Crippen LogP contribution in [-0.4, -0.2) is 15.5 Å². The number of aryl methyl sites for hydroxylation is 2. The Labute approximate surface area is 148 Å². The topological polar surface area (TPSA) is 46.9 Å². The van der Waals surface area contributed by atoms with Gasteiger partial charge < -0.3 is 9.88 Å². The highest BCUT2D eigenvalue weighted by Gasteiger charge is 2.13. The Morgan fingerprint density at radius 3 is 2.56 bits per heavy atom. The monoisotopic (exact) mass is 333 g/mol. The number of nitrogens with zero attached hydrogens (tertiary/aromatic N) is 2. The van der Waals surface area contributed by atoms with Crippen molar-refractivity contribution in [3.05, 3.63) is 89.0 Å². The first kappa shape index (κ1) is 17.0. The van der Waals surface area contributed by atoms with Gasteiger partial charge in [0, 0.05) is 24.5 Å². The second-order valence-corrected chi connectivity index (χ2v) is 6.49. The van der Waals surface area contributed by atoms with Crippen molar-refractivity contribution >= 4 is 5.91 Å². The van der Waals surface area contributed by atoms with Crippen molar-refractivity contribution in [2.45, 2.75) is 33.4 Å². The summed E-state index contributed by atoms with van der Waals surface area (Å²) in [7, 11) is 0. The molecule has 0 aliphatic carbocycles. The first-order valence-electron chi connectivity index (χ1n) is 8.45. The molecule has 0 radical (unpaired) electrons. The molecule has 1 atom stereocenters. The zero-order chi connectivity index (χ0) is 17.8. The van der Waals surface area contributed by atoms with Crippen LogP contribution >= 0.6 is 0 Å². The molecule has 128 valence electrons. The molecule has 1 heterocycles. The van der Waals surface area contributed by atoms with Crippen LogP contribution in [0.4, 0.5) is 0 Å². The van der Waals surface area contributed by atoms with E-state index in [0.29, 0.717) is 5.56 Å². The Morgan fingerprint density at radius 1 is 1.16 bits per heavy atom. The van der Waals surface area contributed by atoms with E-state index in [2.05, 4.69) is 42.3 Å². The van der Waals surface area contributed by atoms with Crippen LogP contribution in [0.5, 0.6) is 0 Å². The van der Waals surface area contributed by atoms with Gasteiger partial charge in [-0.3, -0.25) is 4.79 Å². The van der Waals surface area contributed by atoms with Crippen molar-refractivity contribution in [3.8, 4) is 0 Å². The molecule has 3 aromatic rings. The predicted octanol–water partition coefficient (Wildman–Crippen LogP) is 4.04. The average Bonchev–Trinajstić information content (AvgIpc) is 3.08. The van der Waals surface area contributed by atoms with Crippen molar-refractivity contribution in [2.75, 3.05) is 0 Å². The second kappa shape index (κ2) is 7.34. The molecular weight excluding hydrogens is 310 g/mol. The number of hydrogen-bond acceptors (Lipinski definition) is 2. The van der Waals surface area contributed by atoms with Crippen LogP contribution in [-0.2, 0) is 6.54 Å². The molecule has 0 bridgehead atoms. The maximum absolute atomic E-state index is 12.5. The molecule has 0 unspecified atom stereocenters. The quantitative estimate of drug-likeness (QED) is 0.766. The van der Waals surface area contributed by atoms with Crippen LogP contribution in [0.25, 0.3) is 0 Å². The third-order valence-corrected chi connectivity index (χ3v) is 4.38. The van der Waals surface area contributed by atoms with Crippen LogP contribution in [0.2, 0.25) is 0 Å². The number of aromatic nitrogens is 2. The second-order valence-electron chi connectivity index (χ2n) is 6.49. The van der Waals surface area contributed by atoms with E-state index in [4.69, 9.17) is 0 Å². The summed E-state index contributed by atoms with van der Waals surface area (Å²) in [6.07, 6.45) is 5.47. The molecule has 0 saturated heterocycles. The number of carbonyl (C=O) groups excluding carboxylic acids is 1. The summed E-state index contributed by atoms with van der Waals surface area (Å²) in [6, 6.07) is 14.0. The summed E-state index contributed by atoms with van der Waals surface area (Å²) in [5.41, 5.74) is 5.38. The molecule has 4 nitrogen and oxygen atoms in total. The maximum Gasteiger partial charge on any atom is 0.251 e. The zero-order valence-electron chi connectivity index (χ0n) is 14.9. The molecular formula is C21H23N3O. The van der Waals surface area contributed by atoms with Gasteiger partial charge in [0.25, 0.3) is 5.91 Å². The fraction of sp³-hybridized carbons (Fsp3) is 0.238. The van der Waals surface area contributed by atoms with Crippen molar-refractivity contribution in [1.82, 2.24) is 14.9 Å². The van der Waals surface area contributed by atoms with Gasteiger partial charge in [-0.25, -0.2) is 4.98 Å². The molecule has 0 saturated carbocycles. The normalized spacial score (nSPS) is 12.0. The highest BCUT2D eigenvalue weighted by atomic mass is 16.1. The van der Waals surface area contributed by atoms with Crippen molar-refractivity contribution in [2.24, 2.45) is 0 Å². The lowest BCUT2D eigenvalue weighted by molar-refractivity contribution is 0.0940. The molecule has 2 aromatic carbocycles. The van der Waals surface area contributed by atoms with Crippen LogP contribution < -0.4 is 5.32 Å². The number of benzene rings is 2. The van der Waals surface area contributed by atoms with Gasteiger partial charge in [0.15, 0.2) is 0 Å². The van der Waals surface area contributed by atoms with Crippen LogP contribution in [0.3, 0.4) is 0 Å². The van der Waals surface area contributed by atoms with Gasteiger partial charge in [-0.15, -0.1) is 0 Å². The predicted molar refractivity (Wildman–Crippen MR) is 99.6 cm³/mol. The Bertz CT molecular complexity index is 851. The average molecular weight is 333 g/mol. The van der Waals surface area contributed by atoms with Gasteiger partial charge in [0.05, 0.1) is 12.4 Å². The fourth-order valence-corrected chi connectivity index (χ4v) is 3.02. The van der Waals surface area contributed by atoms with E-state index in [9.17, 15) is 4.79 Å². The van der Waals surface area contributed by atoms with E-state index in [-0.39, 0.29) is 11.9 Å². The van der Waals surface area contributed by atoms with E-state index >= 15 is 0 Å². The fourth-order valence-electron chi connectivity index (χ4n) is 3.02. The number of hydrogen-bond donors (Lipinski definition) is 1. The minimum Gasteiger partial charge on any atom is -0.346 e. The van der Waals surface area contributed by atoms with E-state index in [1.54, 1.807) is 12.5 Å². The van der Waals surface area contributed by atoms with Crippen molar-refractivity contribution in [1.29, 1.82) is 0 Å². The molecule has 0 aliphatic heterocycles. The highest BCUT2D eigenvalue weighted by Crippen LogP contribution is 2.19. The van der Waals surface area contributed by atoms with Gasteiger partial charge in [0.2, 0.25) is 0 Å². The highest BCUT2D eigenvalue weighted by molar-refractivity contribution is 5.94. The summed E-state index contributed by atoms with van der Waals surface area (Å²) >= 11 is 0. The molecule has 1 N–H and O–H groups in total. The van der Waals surface area contributed by atoms with E-state index in [1.165, 1.54) is 11.1 Å². The minimum absolute atomic E-state index is 0.0290. The third-order valence-electron chi connectivity index (χ3n) is 4.38. The summed E-state index contributed by atoms with van der Waals surface area (Å²) in [5.74, 6) is -0.0540. The smallest absolute Gasteiger partial charge is 0.251 e. The summed E-state index contributed by atoms with van der Waals surface area (Å²) in [4.78, 5) is 16.5. The summed E-state index contributed by atoms with van der Waals surface area (Å²) in [6.45, 7) is 6.92. The van der Waals surface area contributed by atoms with Crippen molar-refractivity contribution < 1.29 is 4.79 Å². The molecule has 25 heavy (non-hydrogen) atoms. The van der Waals surface area contributed by atoms with Crippen LogP contribution in [0.1, 0.15) is 45.6 Å². The largest absolute Gasteiger partial charge is 0.346 e. The van der Waals surface area contributed by atoms with Crippen molar-refractivity contribution in [3.63, 3.8) is 0 Å². The van der Waals surface area contributed by atoms with Gasteiger partial charge in [0.1, 0.15) is 0 Å². The number of amides is 1. The lowest BCUT2D eigenvalue weighted by Gasteiger charge is -2.17. The number of rotatable bonds is 5. The number of nitrogens with one attached hydrogen (secondary N) is 1. The molecule has 3 rings (SSSR count). The third kappa shape index (κ3) is 4.15. The zero-order valence-corrected chi connectivity index (χ0v) is 14.9. The molecule has 4 heteroatoms. The minimum atomic E-state index is -0.0540. The van der Waals surface area contributed by atoms with Crippen LogP contribution in [0, 0.1) is 13.8 Å². The summed E-state index contributed by atoms with van der Waals surface area (Å²) in [5, 5.41) is 3.08. The number of imidazole rings is 1. The maximum atomic E-state index is 12.5. The molecule has 0 spiro atoms.